The number of carbonyl (C=O) groups excluding carboxylic acids is 1. The normalized spacial score (nSPS) is 13.7. The fraction of sp³-hybridized carbons (Fsp3) is 0.500. The second kappa shape index (κ2) is 7.36. The van der Waals surface area contributed by atoms with Gasteiger partial charge in [0.15, 0.2) is 0 Å². The van der Waals surface area contributed by atoms with Crippen molar-refractivity contribution in [3.05, 3.63) is 29.3 Å². The number of halogens is 1. The Morgan fingerprint density at radius 2 is 2.26 bits per heavy atom. The summed E-state index contributed by atoms with van der Waals surface area (Å²) in [5.74, 6) is 0.497. The van der Waals surface area contributed by atoms with Gasteiger partial charge < -0.3 is 15.2 Å². The Morgan fingerprint density at radius 3 is 2.89 bits per heavy atom. The van der Waals surface area contributed by atoms with Crippen LogP contribution in [0.3, 0.4) is 0 Å². The zero-order valence-corrected chi connectivity index (χ0v) is 12.0. The van der Waals surface area contributed by atoms with E-state index in [1.54, 1.807) is 31.2 Å². The minimum absolute atomic E-state index is 0.143. The van der Waals surface area contributed by atoms with Crippen molar-refractivity contribution in [1.82, 2.24) is 5.32 Å². The monoisotopic (exact) mass is 285 g/mol. The third-order valence-electron chi connectivity index (χ3n) is 2.82. The molecule has 106 valence electrons. The van der Waals surface area contributed by atoms with E-state index < -0.39 is 5.60 Å². The summed E-state index contributed by atoms with van der Waals surface area (Å²) in [7, 11) is 0. The Kier molecular flexibility index (Phi) is 6.12. The van der Waals surface area contributed by atoms with Crippen LogP contribution >= 0.6 is 11.6 Å². The van der Waals surface area contributed by atoms with E-state index in [0.29, 0.717) is 17.2 Å². The van der Waals surface area contributed by atoms with E-state index in [9.17, 15) is 9.90 Å². The van der Waals surface area contributed by atoms with Crippen molar-refractivity contribution in [2.24, 2.45) is 0 Å². The summed E-state index contributed by atoms with van der Waals surface area (Å²) in [6, 6.07) is 7.02. The molecular formula is C14H20ClNO3. The molecule has 1 aromatic carbocycles. The summed E-state index contributed by atoms with van der Waals surface area (Å²) < 4.78 is 5.41. The molecule has 5 heteroatoms. The van der Waals surface area contributed by atoms with Crippen LogP contribution in [0.15, 0.2) is 24.3 Å². The number of hydrogen-bond donors (Lipinski definition) is 2. The summed E-state index contributed by atoms with van der Waals surface area (Å²) in [5, 5.41) is 13.0. The van der Waals surface area contributed by atoms with Gasteiger partial charge in [0, 0.05) is 11.6 Å². The van der Waals surface area contributed by atoms with E-state index >= 15 is 0 Å². The summed E-state index contributed by atoms with van der Waals surface area (Å²) in [4.78, 5) is 11.5. The van der Waals surface area contributed by atoms with Crippen LogP contribution in [0.4, 0.5) is 0 Å². The fourth-order valence-electron chi connectivity index (χ4n) is 1.32. The highest BCUT2D eigenvalue weighted by Crippen LogP contribution is 2.17. The number of rotatable bonds is 7. The number of benzene rings is 1. The van der Waals surface area contributed by atoms with Gasteiger partial charge in [0.05, 0.1) is 18.6 Å². The van der Waals surface area contributed by atoms with Gasteiger partial charge in [0.2, 0.25) is 5.91 Å². The smallest absolute Gasteiger partial charge is 0.223 e. The second-order valence-electron chi connectivity index (χ2n) is 4.68. The molecule has 0 aliphatic rings. The highest BCUT2D eigenvalue weighted by atomic mass is 35.5. The lowest BCUT2D eigenvalue weighted by molar-refractivity contribution is -0.122. The van der Waals surface area contributed by atoms with Crippen molar-refractivity contribution >= 4 is 17.5 Å². The molecule has 19 heavy (non-hydrogen) atoms. The maximum atomic E-state index is 11.5. The maximum absolute atomic E-state index is 11.5. The Morgan fingerprint density at radius 1 is 1.53 bits per heavy atom. The first kappa shape index (κ1) is 15.8. The molecule has 0 aliphatic heterocycles. The molecule has 0 bridgehead atoms. The van der Waals surface area contributed by atoms with Crippen molar-refractivity contribution in [1.29, 1.82) is 0 Å². The van der Waals surface area contributed by atoms with Gasteiger partial charge in [-0.3, -0.25) is 4.79 Å². The van der Waals surface area contributed by atoms with Crippen molar-refractivity contribution in [2.75, 3.05) is 13.2 Å². The highest BCUT2D eigenvalue weighted by molar-refractivity contribution is 6.30. The number of ether oxygens (including phenoxy) is 1. The molecule has 4 nitrogen and oxygen atoms in total. The summed E-state index contributed by atoms with van der Waals surface area (Å²) in [6.45, 7) is 4.09. The average molecular weight is 286 g/mol. The maximum Gasteiger partial charge on any atom is 0.223 e. The van der Waals surface area contributed by atoms with E-state index in [0.717, 1.165) is 0 Å². The number of aliphatic hydroxyl groups is 1. The first-order valence-corrected chi connectivity index (χ1v) is 6.68. The highest BCUT2D eigenvalue weighted by Gasteiger charge is 2.18. The number of carbonyl (C=O) groups is 1. The fourth-order valence-corrected chi connectivity index (χ4v) is 1.50. The van der Waals surface area contributed by atoms with Crippen LogP contribution in [0.2, 0.25) is 5.02 Å². The molecule has 0 saturated heterocycles. The Hall–Kier alpha value is -1.26. The average Bonchev–Trinajstić information content (AvgIpc) is 2.37. The van der Waals surface area contributed by atoms with E-state index in [1.165, 1.54) is 0 Å². The molecule has 0 aliphatic carbocycles. The lowest BCUT2D eigenvalue weighted by Gasteiger charge is -2.21. The van der Waals surface area contributed by atoms with E-state index in [2.05, 4.69) is 5.32 Å². The van der Waals surface area contributed by atoms with E-state index in [4.69, 9.17) is 16.3 Å². The standard InChI is InChI=1S/C14H20ClNO3/c1-3-14(2,18)10-16-13(17)7-8-19-12-6-4-5-11(15)9-12/h4-6,9,18H,3,7-8,10H2,1-2H3,(H,16,17). The molecule has 0 fully saturated rings. The molecule has 1 unspecified atom stereocenters. The minimum Gasteiger partial charge on any atom is -0.493 e. The summed E-state index contributed by atoms with van der Waals surface area (Å²) in [6.07, 6.45) is 0.832. The molecular weight excluding hydrogens is 266 g/mol. The lowest BCUT2D eigenvalue weighted by Crippen LogP contribution is -2.40. The molecule has 2 N–H and O–H groups in total. The first-order valence-electron chi connectivity index (χ1n) is 6.30. The van der Waals surface area contributed by atoms with Gasteiger partial charge >= 0.3 is 0 Å². The van der Waals surface area contributed by atoms with Gasteiger partial charge in [-0.15, -0.1) is 0 Å². The van der Waals surface area contributed by atoms with Gasteiger partial charge in [0.1, 0.15) is 5.75 Å². The van der Waals surface area contributed by atoms with Gasteiger partial charge in [-0.1, -0.05) is 24.6 Å². The van der Waals surface area contributed by atoms with Crippen LogP contribution in [0.25, 0.3) is 0 Å². The van der Waals surface area contributed by atoms with Gasteiger partial charge in [-0.05, 0) is 31.5 Å². The third-order valence-corrected chi connectivity index (χ3v) is 3.06. The lowest BCUT2D eigenvalue weighted by atomic mass is 10.0. The molecule has 1 rings (SSSR count). The quantitative estimate of drug-likeness (QED) is 0.809. The predicted octanol–water partition coefficient (Wildman–Crippen LogP) is 2.39. The molecule has 1 aromatic rings. The topological polar surface area (TPSA) is 58.6 Å². The number of nitrogens with one attached hydrogen (secondary N) is 1. The third kappa shape index (κ3) is 6.45. The largest absolute Gasteiger partial charge is 0.493 e. The van der Waals surface area contributed by atoms with Crippen LogP contribution < -0.4 is 10.1 Å². The predicted molar refractivity (Wildman–Crippen MR) is 75.5 cm³/mol. The SMILES string of the molecule is CCC(C)(O)CNC(=O)CCOc1cccc(Cl)c1. The Bertz CT molecular complexity index is 421. The van der Waals surface area contributed by atoms with Crippen molar-refractivity contribution < 1.29 is 14.6 Å². The van der Waals surface area contributed by atoms with Crippen molar-refractivity contribution in [3.8, 4) is 5.75 Å². The van der Waals surface area contributed by atoms with E-state index in [1.807, 2.05) is 6.92 Å². The van der Waals surface area contributed by atoms with Crippen LogP contribution in [-0.4, -0.2) is 29.8 Å². The first-order chi connectivity index (χ1) is 8.93. The number of hydrogen-bond acceptors (Lipinski definition) is 3. The van der Waals surface area contributed by atoms with Crippen LogP contribution in [-0.2, 0) is 4.79 Å². The van der Waals surface area contributed by atoms with Gasteiger partial charge in [-0.25, -0.2) is 0 Å². The van der Waals surface area contributed by atoms with Crippen molar-refractivity contribution in [2.45, 2.75) is 32.3 Å². The Balaban J connectivity index is 2.24. The molecule has 0 radical (unpaired) electrons. The molecule has 0 aromatic heterocycles. The van der Waals surface area contributed by atoms with Gasteiger partial charge in [0.25, 0.3) is 0 Å². The molecule has 0 spiro atoms. The summed E-state index contributed by atoms with van der Waals surface area (Å²) in [5.41, 5.74) is -0.858. The van der Waals surface area contributed by atoms with Crippen molar-refractivity contribution in [3.63, 3.8) is 0 Å². The molecule has 0 heterocycles. The van der Waals surface area contributed by atoms with Crippen LogP contribution in [0.1, 0.15) is 26.7 Å². The summed E-state index contributed by atoms with van der Waals surface area (Å²) >= 11 is 5.82. The number of amides is 1. The van der Waals surface area contributed by atoms with Crippen LogP contribution in [0.5, 0.6) is 5.75 Å². The molecule has 0 saturated carbocycles. The molecule has 1 atom stereocenters. The van der Waals surface area contributed by atoms with E-state index in [-0.39, 0.29) is 25.5 Å². The minimum atomic E-state index is -0.858. The van der Waals surface area contributed by atoms with Crippen LogP contribution in [0, 0.1) is 0 Å². The zero-order valence-electron chi connectivity index (χ0n) is 11.3. The second-order valence-corrected chi connectivity index (χ2v) is 5.12. The zero-order chi connectivity index (χ0) is 14.3. The molecule has 1 amide bonds. The Labute approximate surface area is 118 Å². The van der Waals surface area contributed by atoms with Gasteiger partial charge in [-0.2, -0.15) is 0 Å².